The van der Waals surface area contributed by atoms with Crippen molar-refractivity contribution < 1.29 is 13.6 Å². The van der Waals surface area contributed by atoms with Crippen molar-refractivity contribution in [2.45, 2.75) is 26.0 Å². The van der Waals surface area contributed by atoms with Gasteiger partial charge >= 0.3 is 9.28 Å². The van der Waals surface area contributed by atoms with E-state index in [4.69, 9.17) is 13.6 Å². The van der Waals surface area contributed by atoms with Gasteiger partial charge in [-0.2, -0.15) is 0 Å². The molecule has 1 unspecified atom stereocenters. The Kier molecular flexibility index (Phi) is 4.07. The highest BCUT2D eigenvalue weighted by atomic mass is 28.3. The molecule has 0 saturated carbocycles. The maximum absolute atomic E-state index is 5.47. The van der Waals surface area contributed by atoms with E-state index in [0.29, 0.717) is 6.10 Å². The van der Waals surface area contributed by atoms with Crippen LogP contribution in [0.1, 0.15) is 13.8 Å². The Bertz CT molecular complexity index is 99.9. The van der Waals surface area contributed by atoms with Crippen molar-refractivity contribution in [1.29, 1.82) is 0 Å². The molecule has 1 aliphatic rings. The van der Waals surface area contributed by atoms with E-state index >= 15 is 0 Å². The zero-order chi connectivity index (χ0) is 8.10. The first-order valence-electron chi connectivity index (χ1n) is 4.21. The fourth-order valence-electron chi connectivity index (χ4n) is 0.975. The molecular formula is C7H16O3Si. The first kappa shape index (κ1) is 9.19. The average Bonchev–Trinajstić information content (AvgIpc) is 2.73. The number of rotatable bonds is 6. The van der Waals surface area contributed by atoms with Crippen LogP contribution in [0, 0.1) is 0 Å². The molecule has 11 heavy (non-hydrogen) atoms. The molecule has 0 aliphatic carbocycles. The van der Waals surface area contributed by atoms with Gasteiger partial charge in [0.25, 0.3) is 0 Å². The van der Waals surface area contributed by atoms with Crippen molar-refractivity contribution in [2.75, 3.05) is 19.8 Å². The fraction of sp³-hybridized carbons (Fsp3) is 1.00. The predicted octanol–water partition coefficient (Wildman–Crippen LogP) is 0.679. The molecule has 0 N–H and O–H groups in total. The van der Waals surface area contributed by atoms with Gasteiger partial charge in [0.15, 0.2) is 0 Å². The lowest BCUT2D eigenvalue weighted by atomic mass is 10.6. The molecule has 1 aliphatic heterocycles. The molecule has 0 aromatic rings. The molecule has 1 fully saturated rings. The Morgan fingerprint density at radius 3 is 2.27 bits per heavy atom. The van der Waals surface area contributed by atoms with Crippen molar-refractivity contribution in [1.82, 2.24) is 0 Å². The predicted molar refractivity (Wildman–Crippen MR) is 44.9 cm³/mol. The van der Waals surface area contributed by atoms with E-state index in [1.165, 1.54) is 0 Å². The first-order valence-corrected chi connectivity index (χ1v) is 5.97. The Balaban J connectivity index is 2.08. The third-order valence-corrected chi connectivity index (χ3v) is 3.88. The van der Waals surface area contributed by atoms with Crippen LogP contribution < -0.4 is 0 Å². The molecule has 0 radical (unpaired) electrons. The van der Waals surface area contributed by atoms with Gasteiger partial charge in [0.05, 0.1) is 12.7 Å². The minimum Gasteiger partial charge on any atom is -0.397 e. The molecule has 0 amide bonds. The van der Waals surface area contributed by atoms with Gasteiger partial charge in [-0.15, -0.1) is 0 Å². The molecule has 1 heterocycles. The number of hydrogen-bond donors (Lipinski definition) is 0. The van der Waals surface area contributed by atoms with Gasteiger partial charge in [-0.1, -0.05) is 0 Å². The average molecular weight is 176 g/mol. The summed E-state index contributed by atoms with van der Waals surface area (Å²) in [7, 11) is -1.35. The lowest BCUT2D eigenvalue weighted by Gasteiger charge is -2.12. The molecule has 0 aromatic heterocycles. The van der Waals surface area contributed by atoms with E-state index in [-0.39, 0.29) is 0 Å². The summed E-state index contributed by atoms with van der Waals surface area (Å²) in [5, 5.41) is 0. The third-order valence-electron chi connectivity index (χ3n) is 1.56. The highest BCUT2D eigenvalue weighted by molar-refractivity contribution is 6.44. The van der Waals surface area contributed by atoms with Crippen molar-refractivity contribution in [3.8, 4) is 0 Å². The molecule has 4 heteroatoms. The lowest BCUT2D eigenvalue weighted by molar-refractivity contribution is 0.210. The van der Waals surface area contributed by atoms with Gasteiger partial charge in [0.1, 0.15) is 0 Å². The Morgan fingerprint density at radius 1 is 1.36 bits per heavy atom. The summed E-state index contributed by atoms with van der Waals surface area (Å²) < 4.78 is 16.0. The largest absolute Gasteiger partial charge is 0.397 e. The van der Waals surface area contributed by atoms with E-state index in [1.807, 2.05) is 13.8 Å². The van der Waals surface area contributed by atoms with Crippen molar-refractivity contribution >= 4 is 9.28 Å². The molecule has 1 saturated heterocycles. The fourth-order valence-corrected chi connectivity index (χ4v) is 2.79. The summed E-state index contributed by atoms with van der Waals surface area (Å²) in [6, 6.07) is 1.02. The third kappa shape index (κ3) is 3.86. The normalized spacial score (nSPS) is 22.6. The van der Waals surface area contributed by atoms with Crippen molar-refractivity contribution in [2.24, 2.45) is 0 Å². The molecule has 0 spiro atoms. The summed E-state index contributed by atoms with van der Waals surface area (Å²) in [4.78, 5) is 0. The summed E-state index contributed by atoms with van der Waals surface area (Å²) in [6.07, 6.45) is 0.449. The van der Waals surface area contributed by atoms with E-state index < -0.39 is 9.28 Å². The molecule has 1 atom stereocenters. The minimum atomic E-state index is -1.35. The maximum atomic E-state index is 5.47. The van der Waals surface area contributed by atoms with Crippen LogP contribution >= 0.6 is 0 Å². The maximum Gasteiger partial charge on any atom is 0.324 e. The van der Waals surface area contributed by atoms with Gasteiger partial charge in [-0.25, -0.2) is 0 Å². The first-order chi connectivity index (χ1) is 5.36. The lowest BCUT2D eigenvalue weighted by Crippen LogP contribution is -2.24. The standard InChI is InChI=1S/C7H16O3Si/c1-3-9-11(10-4-2)6-7-5-8-7/h7,11H,3-6H2,1-2H3. The Hall–Kier alpha value is 0.0969. The molecule has 0 aromatic carbocycles. The Labute approximate surface area is 69.5 Å². The highest BCUT2D eigenvalue weighted by Crippen LogP contribution is 2.17. The van der Waals surface area contributed by atoms with E-state index in [1.54, 1.807) is 0 Å². The van der Waals surface area contributed by atoms with E-state index in [9.17, 15) is 0 Å². The second-order valence-corrected chi connectivity index (χ2v) is 4.53. The second kappa shape index (κ2) is 4.87. The monoisotopic (exact) mass is 176 g/mol. The van der Waals surface area contributed by atoms with Crippen molar-refractivity contribution in [3.63, 3.8) is 0 Å². The molecule has 66 valence electrons. The molecular weight excluding hydrogens is 160 g/mol. The molecule has 1 rings (SSSR count). The SMILES string of the molecule is CCO[SiH](CC1CO1)OCC. The van der Waals surface area contributed by atoms with Gasteiger partial charge in [-0.3, -0.25) is 0 Å². The quantitative estimate of drug-likeness (QED) is 0.440. The minimum absolute atomic E-state index is 0.449. The topological polar surface area (TPSA) is 31.0 Å². The van der Waals surface area contributed by atoms with Crippen LogP contribution in [0.3, 0.4) is 0 Å². The summed E-state index contributed by atoms with van der Waals surface area (Å²) in [6.45, 7) is 6.45. The smallest absolute Gasteiger partial charge is 0.324 e. The van der Waals surface area contributed by atoms with Crippen LogP contribution in [0.5, 0.6) is 0 Å². The summed E-state index contributed by atoms with van der Waals surface area (Å²) in [5.74, 6) is 0. The van der Waals surface area contributed by atoms with Crippen LogP contribution in [0.15, 0.2) is 0 Å². The summed E-state index contributed by atoms with van der Waals surface area (Å²) in [5.41, 5.74) is 0. The Morgan fingerprint density at radius 2 is 1.91 bits per heavy atom. The van der Waals surface area contributed by atoms with Crippen LogP contribution in [0.2, 0.25) is 6.04 Å². The molecule has 0 bridgehead atoms. The number of ether oxygens (including phenoxy) is 1. The number of hydrogen-bond acceptors (Lipinski definition) is 3. The zero-order valence-electron chi connectivity index (χ0n) is 7.21. The van der Waals surface area contributed by atoms with Crippen LogP contribution in [0.25, 0.3) is 0 Å². The van der Waals surface area contributed by atoms with E-state index in [0.717, 1.165) is 25.9 Å². The van der Waals surface area contributed by atoms with Gasteiger partial charge in [0, 0.05) is 19.3 Å². The second-order valence-electron chi connectivity index (χ2n) is 2.53. The summed E-state index contributed by atoms with van der Waals surface area (Å²) >= 11 is 0. The van der Waals surface area contributed by atoms with E-state index in [2.05, 4.69) is 0 Å². The van der Waals surface area contributed by atoms with Crippen LogP contribution in [-0.4, -0.2) is 35.2 Å². The molecule has 3 nitrogen and oxygen atoms in total. The van der Waals surface area contributed by atoms with Gasteiger partial charge in [0.2, 0.25) is 0 Å². The van der Waals surface area contributed by atoms with Gasteiger partial charge in [-0.05, 0) is 13.8 Å². The van der Waals surface area contributed by atoms with Crippen LogP contribution in [0.4, 0.5) is 0 Å². The number of epoxide rings is 1. The van der Waals surface area contributed by atoms with Gasteiger partial charge < -0.3 is 13.6 Å². The highest BCUT2D eigenvalue weighted by Gasteiger charge is 2.28. The zero-order valence-corrected chi connectivity index (χ0v) is 8.36. The van der Waals surface area contributed by atoms with Crippen molar-refractivity contribution in [3.05, 3.63) is 0 Å². The van der Waals surface area contributed by atoms with Crippen LogP contribution in [-0.2, 0) is 13.6 Å².